The highest BCUT2D eigenvalue weighted by Gasteiger charge is 2.23. The molecule has 2 fully saturated rings. The predicted octanol–water partition coefficient (Wildman–Crippen LogP) is 2.87. The lowest BCUT2D eigenvalue weighted by molar-refractivity contribution is -0.131. The van der Waals surface area contributed by atoms with Gasteiger partial charge in [0.1, 0.15) is 23.4 Å². The normalized spacial score (nSPS) is 19.9. The summed E-state index contributed by atoms with van der Waals surface area (Å²) in [6, 6.07) is 4.62. The van der Waals surface area contributed by atoms with E-state index in [1.807, 2.05) is 0 Å². The van der Waals surface area contributed by atoms with Crippen molar-refractivity contribution in [1.29, 1.82) is 0 Å². The van der Waals surface area contributed by atoms with Gasteiger partial charge < -0.3 is 20.1 Å². The Balaban J connectivity index is 1.49. The van der Waals surface area contributed by atoms with Crippen LogP contribution in [0.5, 0.6) is 0 Å². The highest BCUT2D eigenvalue weighted by molar-refractivity contribution is 6.33. The summed E-state index contributed by atoms with van der Waals surface area (Å²) >= 11 is 6.32. The van der Waals surface area contributed by atoms with Crippen molar-refractivity contribution in [2.75, 3.05) is 44.8 Å². The minimum Gasteiger partial charge on any atom is -0.381 e. The number of rotatable bonds is 7. The fourth-order valence-electron chi connectivity index (χ4n) is 3.75. The molecule has 4 heterocycles. The Hall–Kier alpha value is -2.13. The van der Waals surface area contributed by atoms with E-state index in [9.17, 15) is 9.18 Å². The summed E-state index contributed by atoms with van der Waals surface area (Å²) in [7, 11) is 0. The molecule has 2 aromatic rings. The lowest BCUT2D eigenvalue weighted by atomic mass is 10.0. The van der Waals surface area contributed by atoms with Gasteiger partial charge in [0, 0.05) is 50.3 Å². The van der Waals surface area contributed by atoms with Crippen molar-refractivity contribution in [3.05, 3.63) is 40.9 Å². The molecule has 166 valence electrons. The largest absolute Gasteiger partial charge is 0.381 e. The van der Waals surface area contributed by atoms with Gasteiger partial charge >= 0.3 is 0 Å². The van der Waals surface area contributed by atoms with Gasteiger partial charge in [-0.2, -0.15) is 0 Å². The van der Waals surface area contributed by atoms with Crippen molar-refractivity contribution in [3.63, 3.8) is 0 Å². The molecule has 0 aromatic carbocycles. The molecule has 0 spiro atoms. The van der Waals surface area contributed by atoms with Crippen LogP contribution in [0.15, 0.2) is 24.4 Å². The number of pyridine rings is 2. The minimum atomic E-state index is -0.498. The molecule has 1 atom stereocenters. The van der Waals surface area contributed by atoms with Gasteiger partial charge in [-0.05, 0) is 37.0 Å². The molecule has 2 saturated heterocycles. The van der Waals surface area contributed by atoms with Gasteiger partial charge in [0.2, 0.25) is 0 Å². The average Bonchev–Trinajstić information content (AvgIpc) is 2.81. The second-order valence-corrected chi connectivity index (χ2v) is 8.23. The van der Waals surface area contributed by atoms with E-state index in [0.29, 0.717) is 36.1 Å². The van der Waals surface area contributed by atoms with Crippen LogP contribution in [0.4, 0.5) is 10.2 Å². The van der Waals surface area contributed by atoms with E-state index < -0.39 is 11.9 Å². The molecule has 4 rings (SSSR count). The number of nitrogens with one attached hydrogen (secondary N) is 2. The number of hydrogen-bond acceptors (Lipinski definition) is 7. The highest BCUT2D eigenvalue weighted by Crippen LogP contribution is 2.30. The number of hydrogen-bond donors (Lipinski definition) is 2. The molecule has 0 bridgehead atoms. The van der Waals surface area contributed by atoms with Crippen LogP contribution in [-0.4, -0.2) is 61.3 Å². The van der Waals surface area contributed by atoms with Crippen LogP contribution < -0.4 is 10.6 Å². The summed E-state index contributed by atoms with van der Waals surface area (Å²) in [6.45, 7) is 4.00. The summed E-state index contributed by atoms with van der Waals surface area (Å²) in [5, 5.41) is 6.71. The summed E-state index contributed by atoms with van der Waals surface area (Å²) in [5.74, 6) is 0.521. The highest BCUT2D eigenvalue weighted by atomic mass is 35.5. The van der Waals surface area contributed by atoms with Gasteiger partial charge in [-0.3, -0.25) is 9.78 Å². The van der Waals surface area contributed by atoms with Crippen molar-refractivity contribution >= 4 is 23.2 Å². The van der Waals surface area contributed by atoms with Crippen LogP contribution in [0, 0.1) is 11.7 Å². The number of carbonyl (C=O) groups is 1. The number of ketones is 1. The third-order valence-corrected chi connectivity index (χ3v) is 5.87. The minimum absolute atomic E-state index is 0.0757. The Kier molecular flexibility index (Phi) is 7.45. The quantitative estimate of drug-likeness (QED) is 0.673. The average molecular weight is 449 g/mol. The fraction of sp³-hybridized carbons (Fsp3) is 0.500. The smallest absolute Gasteiger partial charge is 0.168 e. The van der Waals surface area contributed by atoms with Crippen LogP contribution >= 0.6 is 11.6 Å². The Bertz CT molecular complexity index is 918. The molecule has 0 radical (unpaired) electrons. The summed E-state index contributed by atoms with van der Waals surface area (Å²) in [5.41, 5.74) is 1.04. The van der Waals surface area contributed by atoms with Gasteiger partial charge in [-0.1, -0.05) is 11.6 Å². The number of halogens is 2. The lowest BCUT2D eigenvalue weighted by Gasteiger charge is -2.22. The van der Waals surface area contributed by atoms with Crippen molar-refractivity contribution in [3.8, 4) is 11.3 Å². The SMILES string of the molecule is O=C(Cc1cc(-c2nc(NCC3CCOCC3)ccc2F)c(Cl)cn1)[C@H]1CNCCO1. The molecular weight excluding hydrogens is 423 g/mol. The van der Waals surface area contributed by atoms with Crippen LogP contribution in [0.2, 0.25) is 5.02 Å². The Labute approximate surface area is 185 Å². The van der Waals surface area contributed by atoms with E-state index in [1.165, 1.54) is 12.3 Å². The summed E-state index contributed by atoms with van der Waals surface area (Å²) < 4.78 is 25.5. The number of ether oxygens (including phenoxy) is 2. The van der Waals surface area contributed by atoms with Crippen molar-refractivity contribution in [1.82, 2.24) is 15.3 Å². The monoisotopic (exact) mass is 448 g/mol. The van der Waals surface area contributed by atoms with Crippen LogP contribution in [0.25, 0.3) is 11.3 Å². The zero-order valence-electron chi connectivity index (χ0n) is 17.2. The van der Waals surface area contributed by atoms with Crippen LogP contribution in [0.3, 0.4) is 0 Å². The molecule has 2 aliphatic heterocycles. The zero-order valence-corrected chi connectivity index (χ0v) is 18.0. The van der Waals surface area contributed by atoms with Gasteiger partial charge in [0.25, 0.3) is 0 Å². The fourth-order valence-corrected chi connectivity index (χ4v) is 3.95. The first-order valence-electron chi connectivity index (χ1n) is 10.6. The number of nitrogens with zero attached hydrogens (tertiary/aromatic N) is 2. The molecular formula is C22H26ClFN4O3. The molecule has 31 heavy (non-hydrogen) atoms. The Morgan fingerprint density at radius 3 is 2.90 bits per heavy atom. The van der Waals surface area contributed by atoms with E-state index >= 15 is 0 Å². The Morgan fingerprint density at radius 2 is 2.13 bits per heavy atom. The molecule has 2 aliphatic rings. The van der Waals surface area contributed by atoms with Crippen LogP contribution in [0.1, 0.15) is 18.5 Å². The van der Waals surface area contributed by atoms with Gasteiger partial charge in [-0.25, -0.2) is 9.37 Å². The second-order valence-electron chi connectivity index (χ2n) is 7.83. The van der Waals surface area contributed by atoms with Gasteiger partial charge in [0.05, 0.1) is 18.1 Å². The second kappa shape index (κ2) is 10.5. The van der Waals surface area contributed by atoms with E-state index in [2.05, 4.69) is 20.6 Å². The molecule has 2 aromatic heterocycles. The van der Waals surface area contributed by atoms with Crippen LogP contribution in [-0.2, 0) is 20.7 Å². The number of morpholine rings is 1. The third kappa shape index (κ3) is 5.77. The molecule has 0 saturated carbocycles. The maximum absolute atomic E-state index is 14.6. The maximum Gasteiger partial charge on any atom is 0.168 e. The van der Waals surface area contributed by atoms with Gasteiger partial charge in [-0.15, -0.1) is 0 Å². The molecule has 0 amide bonds. The first kappa shape index (κ1) is 22.1. The first-order chi connectivity index (χ1) is 15.1. The molecule has 7 nitrogen and oxygen atoms in total. The van der Waals surface area contributed by atoms with Crippen molar-refractivity contribution in [2.24, 2.45) is 5.92 Å². The number of Topliss-reactive ketones (excluding diaryl/α,β-unsaturated/α-hetero) is 1. The molecule has 0 unspecified atom stereocenters. The van der Waals surface area contributed by atoms with E-state index in [1.54, 1.807) is 12.1 Å². The Morgan fingerprint density at radius 1 is 1.29 bits per heavy atom. The predicted molar refractivity (Wildman–Crippen MR) is 116 cm³/mol. The van der Waals surface area contributed by atoms with E-state index in [0.717, 1.165) is 39.1 Å². The molecule has 0 aliphatic carbocycles. The standard InChI is InChI=1S/C22H26ClFN4O3/c23-17-12-26-15(10-19(29)20-13-25-5-8-31-20)9-16(17)22-18(24)1-2-21(28-22)27-11-14-3-6-30-7-4-14/h1-2,9,12,14,20,25H,3-8,10-11,13H2,(H,27,28)/t20-/m1/s1. The molecule has 9 heteroatoms. The third-order valence-electron chi connectivity index (χ3n) is 5.57. The first-order valence-corrected chi connectivity index (χ1v) is 11.0. The lowest BCUT2D eigenvalue weighted by Crippen LogP contribution is -2.43. The summed E-state index contributed by atoms with van der Waals surface area (Å²) in [6.07, 6.45) is 3.01. The molecule has 2 N–H and O–H groups in total. The van der Waals surface area contributed by atoms with Crippen molar-refractivity contribution < 1.29 is 18.7 Å². The van der Waals surface area contributed by atoms with Gasteiger partial charge in [0.15, 0.2) is 5.78 Å². The van der Waals surface area contributed by atoms with Crippen molar-refractivity contribution in [2.45, 2.75) is 25.4 Å². The number of anilines is 1. The zero-order chi connectivity index (χ0) is 21.6. The number of aromatic nitrogens is 2. The topological polar surface area (TPSA) is 85.4 Å². The summed E-state index contributed by atoms with van der Waals surface area (Å²) in [4.78, 5) is 21.2. The number of carbonyl (C=O) groups excluding carboxylic acids is 1. The van der Waals surface area contributed by atoms with E-state index in [-0.39, 0.29) is 22.9 Å². The maximum atomic E-state index is 14.6. The van der Waals surface area contributed by atoms with E-state index in [4.69, 9.17) is 21.1 Å².